The Labute approximate surface area is 311 Å². The minimum absolute atomic E-state index is 0. The molecule has 0 spiro atoms. The van der Waals surface area contributed by atoms with Crippen molar-refractivity contribution in [3.63, 3.8) is 0 Å². The summed E-state index contributed by atoms with van der Waals surface area (Å²) in [5, 5.41) is 2.26. The number of ether oxygens (including phenoxy) is 1. The summed E-state index contributed by atoms with van der Waals surface area (Å²) in [7, 11) is 0. The first kappa shape index (κ1) is 35.5. The Hall–Kier alpha value is -4.34. The molecular formula is C44H45N4OPt-3. The van der Waals surface area contributed by atoms with Gasteiger partial charge in [-0.05, 0) is 63.9 Å². The Morgan fingerprint density at radius 1 is 0.660 bits per heavy atom. The van der Waals surface area contributed by atoms with Crippen molar-refractivity contribution in [1.29, 1.82) is 0 Å². The molecular weight excluding hydrogens is 796 g/mol. The van der Waals surface area contributed by atoms with E-state index >= 15 is 0 Å². The van der Waals surface area contributed by atoms with Crippen LogP contribution in [0.2, 0.25) is 0 Å². The second-order valence-corrected chi connectivity index (χ2v) is 16.0. The third kappa shape index (κ3) is 6.85. The molecule has 6 aromatic rings. The van der Waals surface area contributed by atoms with E-state index in [4.69, 9.17) is 9.72 Å². The molecule has 1 aliphatic rings. The predicted molar refractivity (Wildman–Crippen MR) is 203 cm³/mol. The van der Waals surface area contributed by atoms with Crippen LogP contribution in [0, 0.1) is 24.2 Å². The van der Waals surface area contributed by atoms with Crippen LogP contribution in [0.5, 0.6) is 11.5 Å². The number of anilines is 2. The molecule has 1 aliphatic heterocycles. The van der Waals surface area contributed by atoms with Crippen LogP contribution in [-0.2, 0) is 31.9 Å². The van der Waals surface area contributed by atoms with Gasteiger partial charge >= 0.3 is 0 Å². The molecule has 0 unspecified atom stereocenters. The van der Waals surface area contributed by atoms with Crippen molar-refractivity contribution in [2.24, 2.45) is 5.41 Å². The number of allylic oxidation sites excluding steroid dienone is 1. The van der Waals surface area contributed by atoms with Gasteiger partial charge in [0, 0.05) is 61.1 Å². The third-order valence-corrected chi connectivity index (χ3v) is 9.17. The van der Waals surface area contributed by atoms with E-state index in [1.807, 2.05) is 24.4 Å². The molecule has 0 amide bonds. The Morgan fingerprint density at radius 2 is 1.36 bits per heavy atom. The fraction of sp³-hybridized carbons (Fsp3) is 0.273. The zero-order chi connectivity index (χ0) is 34.7. The molecule has 0 saturated carbocycles. The summed E-state index contributed by atoms with van der Waals surface area (Å²) in [6.07, 6.45) is 4.10. The van der Waals surface area contributed by atoms with Crippen molar-refractivity contribution in [3.8, 4) is 17.3 Å². The first-order valence-corrected chi connectivity index (χ1v) is 17.0. The van der Waals surface area contributed by atoms with Crippen molar-refractivity contribution in [2.45, 2.75) is 73.1 Å². The van der Waals surface area contributed by atoms with E-state index in [-0.39, 0.29) is 37.3 Å². The van der Waals surface area contributed by atoms with Gasteiger partial charge in [0.15, 0.2) is 0 Å². The molecule has 0 bridgehead atoms. The van der Waals surface area contributed by atoms with Gasteiger partial charge in [-0.15, -0.1) is 48.1 Å². The second-order valence-electron chi connectivity index (χ2n) is 16.0. The Morgan fingerprint density at radius 3 is 2.10 bits per heavy atom. The number of pyridine rings is 1. The zero-order valence-corrected chi connectivity index (χ0v) is 32.7. The van der Waals surface area contributed by atoms with E-state index in [1.165, 1.54) is 16.8 Å². The molecule has 4 aromatic carbocycles. The SMILES string of the molecule is CC(C)(C)C1=CN(c2[c-]c(Oc3[c-]c4c(cc3)c3ccccc3n4-c3cc(C(C)(C)C)ccn3)ccc2)[CH-]N1c1cccc(C(C)(C)C)c1.[Pt]. The van der Waals surface area contributed by atoms with Crippen LogP contribution in [0.1, 0.15) is 73.4 Å². The van der Waals surface area contributed by atoms with E-state index in [1.54, 1.807) is 0 Å². The van der Waals surface area contributed by atoms with E-state index in [0.717, 1.165) is 39.0 Å². The van der Waals surface area contributed by atoms with Crippen LogP contribution < -0.4 is 14.5 Å². The quantitative estimate of drug-likeness (QED) is 0.162. The normalized spacial score (nSPS) is 13.9. The summed E-state index contributed by atoms with van der Waals surface area (Å²) < 4.78 is 8.68. The Bertz CT molecular complexity index is 2210. The number of rotatable bonds is 5. The monoisotopic (exact) mass is 840 g/mol. The maximum Gasteiger partial charge on any atom is 0.135 e. The predicted octanol–water partition coefficient (Wildman–Crippen LogP) is 11.5. The van der Waals surface area contributed by atoms with Crippen molar-refractivity contribution in [2.75, 3.05) is 9.80 Å². The summed E-state index contributed by atoms with van der Waals surface area (Å²) >= 11 is 0. The molecule has 0 N–H and O–H groups in total. The molecule has 260 valence electrons. The van der Waals surface area contributed by atoms with Crippen molar-refractivity contribution in [3.05, 3.63) is 139 Å². The number of para-hydroxylation sites is 1. The summed E-state index contributed by atoms with van der Waals surface area (Å²) in [5.74, 6) is 2.11. The van der Waals surface area contributed by atoms with Gasteiger partial charge in [-0.3, -0.25) is 0 Å². The Balaban J connectivity index is 0.00000432. The number of hydrogen-bond acceptors (Lipinski definition) is 4. The van der Waals surface area contributed by atoms with E-state index in [2.05, 4.69) is 174 Å². The van der Waals surface area contributed by atoms with Crippen LogP contribution in [-0.4, -0.2) is 9.55 Å². The molecule has 7 rings (SSSR count). The van der Waals surface area contributed by atoms with Gasteiger partial charge in [-0.1, -0.05) is 98.2 Å². The first-order chi connectivity index (χ1) is 23.2. The molecule has 2 aromatic heterocycles. The zero-order valence-electron chi connectivity index (χ0n) is 30.4. The molecule has 0 fully saturated rings. The average molecular weight is 841 g/mol. The standard InChI is InChI=1S/C44H45N4O.Pt/c1-42(2,3)30-14-12-16-33(24-30)47-29-46(28-40(47)44(7,8)9)32-15-13-17-34(26-32)49-35-20-21-37-36-18-10-11-19-38(36)48(39(37)27-35)41-25-31(22-23-45-41)43(4,5)6;/h10-25,28-29H,1-9H3;/q-3;. The Kier molecular flexibility index (Phi) is 9.29. The topological polar surface area (TPSA) is 33.5 Å². The fourth-order valence-electron chi connectivity index (χ4n) is 6.37. The van der Waals surface area contributed by atoms with Crippen molar-refractivity contribution in [1.82, 2.24) is 9.55 Å². The summed E-state index contributed by atoms with van der Waals surface area (Å²) in [6.45, 7) is 22.3. The summed E-state index contributed by atoms with van der Waals surface area (Å²) in [6, 6.07) is 38.8. The number of aromatic nitrogens is 2. The number of nitrogens with zero attached hydrogens (tertiary/aromatic N) is 4. The summed E-state index contributed by atoms with van der Waals surface area (Å²) in [5.41, 5.74) is 7.75. The van der Waals surface area contributed by atoms with Gasteiger partial charge in [0.25, 0.3) is 0 Å². The van der Waals surface area contributed by atoms with Crippen LogP contribution in [0.15, 0.2) is 109 Å². The van der Waals surface area contributed by atoms with Crippen molar-refractivity contribution < 1.29 is 25.8 Å². The van der Waals surface area contributed by atoms with Gasteiger partial charge in [0.05, 0.1) is 0 Å². The maximum absolute atomic E-state index is 6.49. The average Bonchev–Trinajstić information content (AvgIpc) is 3.65. The molecule has 50 heavy (non-hydrogen) atoms. The molecule has 3 heterocycles. The second kappa shape index (κ2) is 13.1. The minimum Gasteiger partial charge on any atom is -0.509 e. The van der Waals surface area contributed by atoms with Gasteiger partial charge in [0.1, 0.15) is 5.82 Å². The molecule has 0 atom stereocenters. The van der Waals surface area contributed by atoms with E-state index in [0.29, 0.717) is 11.5 Å². The molecule has 0 aliphatic carbocycles. The van der Waals surface area contributed by atoms with E-state index in [9.17, 15) is 0 Å². The molecule has 6 heteroatoms. The number of hydrogen-bond donors (Lipinski definition) is 0. The van der Waals surface area contributed by atoms with E-state index < -0.39 is 0 Å². The van der Waals surface area contributed by atoms with Gasteiger partial charge < -0.3 is 19.1 Å². The molecule has 0 radical (unpaired) electrons. The van der Waals surface area contributed by atoms with Gasteiger partial charge in [0.2, 0.25) is 0 Å². The third-order valence-electron chi connectivity index (χ3n) is 9.17. The molecule has 5 nitrogen and oxygen atoms in total. The number of fused-ring (bicyclic) bond motifs is 3. The van der Waals surface area contributed by atoms with Crippen LogP contribution in [0.4, 0.5) is 11.4 Å². The van der Waals surface area contributed by atoms with Gasteiger partial charge in [-0.25, -0.2) is 4.98 Å². The smallest absolute Gasteiger partial charge is 0.135 e. The van der Waals surface area contributed by atoms with Gasteiger partial charge in [-0.2, -0.15) is 12.1 Å². The summed E-state index contributed by atoms with van der Waals surface area (Å²) in [4.78, 5) is 9.24. The first-order valence-electron chi connectivity index (χ1n) is 17.0. The van der Waals surface area contributed by atoms with Crippen molar-refractivity contribution >= 4 is 33.2 Å². The fourth-order valence-corrected chi connectivity index (χ4v) is 6.37. The van der Waals surface area contributed by atoms with Crippen LogP contribution in [0.25, 0.3) is 27.6 Å². The number of benzene rings is 4. The van der Waals surface area contributed by atoms with Crippen LogP contribution in [0.3, 0.4) is 0 Å². The maximum atomic E-state index is 6.49. The minimum atomic E-state index is -0.0822. The largest absolute Gasteiger partial charge is 0.509 e. The van der Waals surface area contributed by atoms with Crippen LogP contribution >= 0.6 is 0 Å². The molecule has 0 saturated heterocycles.